The van der Waals surface area contributed by atoms with Gasteiger partial charge in [0, 0.05) is 9.99 Å². The van der Waals surface area contributed by atoms with Crippen molar-refractivity contribution >= 4 is 34.7 Å². The summed E-state index contributed by atoms with van der Waals surface area (Å²) >= 11 is 2.23. The lowest BCUT2D eigenvalue weighted by molar-refractivity contribution is -0.142. The first-order valence-electron chi connectivity index (χ1n) is 7.74. The van der Waals surface area contributed by atoms with Crippen molar-refractivity contribution in [2.24, 2.45) is 0 Å². The SMILES string of the molecule is CC(C)(C)OC(=O)N1C[C@H](OCc2ccc(I)cc2)CC1C(=O)O. The molecule has 1 N–H and O–H groups in total. The van der Waals surface area contributed by atoms with Gasteiger partial charge in [0.15, 0.2) is 0 Å². The molecule has 132 valence electrons. The van der Waals surface area contributed by atoms with Crippen LogP contribution in [0.25, 0.3) is 0 Å². The van der Waals surface area contributed by atoms with Gasteiger partial charge < -0.3 is 14.6 Å². The number of carbonyl (C=O) groups excluding carboxylic acids is 1. The number of benzene rings is 1. The van der Waals surface area contributed by atoms with Gasteiger partial charge in [-0.1, -0.05) is 12.1 Å². The number of hydrogen-bond acceptors (Lipinski definition) is 4. The molecule has 1 heterocycles. The van der Waals surface area contributed by atoms with E-state index in [1.165, 1.54) is 4.90 Å². The van der Waals surface area contributed by atoms with Crippen LogP contribution in [0.5, 0.6) is 0 Å². The number of rotatable bonds is 4. The van der Waals surface area contributed by atoms with E-state index in [9.17, 15) is 14.7 Å². The molecule has 1 aromatic carbocycles. The fraction of sp³-hybridized carbons (Fsp3) is 0.529. The molecule has 1 unspecified atom stereocenters. The van der Waals surface area contributed by atoms with Gasteiger partial charge in [-0.2, -0.15) is 0 Å². The van der Waals surface area contributed by atoms with E-state index >= 15 is 0 Å². The monoisotopic (exact) mass is 447 g/mol. The summed E-state index contributed by atoms with van der Waals surface area (Å²) in [6, 6.07) is 7.00. The zero-order valence-electron chi connectivity index (χ0n) is 14.0. The third kappa shape index (κ3) is 5.34. The first-order valence-corrected chi connectivity index (χ1v) is 8.82. The fourth-order valence-corrected chi connectivity index (χ4v) is 2.83. The highest BCUT2D eigenvalue weighted by Gasteiger charge is 2.42. The standard InChI is InChI=1S/C17H22INO5/c1-17(2,3)24-16(22)19-9-13(8-14(19)15(20)21)23-10-11-4-6-12(18)7-5-11/h4-7,13-14H,8-10H2,1-3H3,(H,20,21)/t13-,14?/m1/s1. The van der Waals surface area contributed by atoms with Crippen LogP contribution in [-0.2, 0) is 20.9 Å². The summed E-state index contributed by atoms with van der Waals surface area (Å²) in [5, 5.41) is 9.36. The average Bonchev–Trinajstić information content (AvgIpc) is 2.89. The molecule has 7 heteroatoms. The third-order valence-corrected chi connectivity index (χ3v) is 4.29. The fourth-order valence-electron chi connectivity index (χ4n) is 2.47. The molecular formula is C17H22INO5. The first-order chi connectivity index (χ1) is 11.2. The second kappa shape index (κ2) is 7.69. The van der Waals surface area contributed by atoms with Crippen LogP contribution in [0.3, 0.4) is 0 Å². The molecule has 0 radical (unpaired) electrons. The van der Waals surface area contributed by atoms with E-state index in [-0.39, 0.29) is 19.1 Å². The molecule has 1 aromatic rings. The topological polar surface area (TPSA) is 76.1 Å². The molecular weight excluding hydrogens is 425 g/mol. The number of likely N-dealkylation sites (tertiary alicyclic amines) is 1. The van der Waals surface area contributed by atoms with Crippen molar-refractivity contribution in [2.75, 3.05) is 6.54 Å². The van der Waals surface area contributed by atoms with Crippen LogP contribution in [-0.4, -0.2) is 46.4 Å². The molecule has 24 heavy (non-hydrogen) atoms. The van der Waals surface area contributed by atoms with Crippen LogP contribution in [0, 0.1) is 3.57 Å². The maximum Gasteiger partial charge on any atom is 0.411 e. The van der Waals surface area contributed by atoms with E-state index in [1.54, 1.807) is 20.8 Å². The van der Waals surface area contributed by atoms with Crippen LogP contribution in [0.2, 0.25) is 0 Å². The smallest absolute Gasteiger partial charge is 0.411 e. The van der Waals surface area contributed by atoms with Crippen LogP contribution in [0.4, 0.5) is 4.79 Å². The highest BCUT2D eigenvalue weighted by Crippen LogP contribution is 2.24. The molecule has 1 amide bonds. The number of ether oxygens (including phenoxy) is 2. The number of hydrogen-bond donors (Lipinski definition) is 1. The Kier molecular flexibility index (Phi) is 6.08. The number of aliphatic carboxylic acids is 1. The minimum absolute atomic E-state index is 0.219. The predicted molar refractivity (Wildman–Crippen MR) is 96.7 cm³/mol. The summed E-state index contributed by atoms with van der Waals surface area (Å²) in [5.41, 5.74) is 0.346. The third-order valence-electron chi connectivity index (χ3n) is 3.57. The Labute approximate surface area is 155 Å². The molecule has 0 spiro atoms. The molecule has 0 aromatic heterocycles. The number of carboxylic acids is 1. The molecule has 0 bridgehead atoms. The summed E-state index contributed by atoms with van der Waals surface area (Å²) in [7, 11) is 0. The molecule has 1 aliphatic heterocycles. The minimum atomic E-state index is -1.04. The highest BCUT2D eigenvalue weighted by molar-refractivity contribution is 14.1. The Balaban J connectivity index is 1.97. The van der Waals surface area contributed by atoms with Crippen LogP contribution in [0.15, 0.2) is 24.3 Å². The Hall–Kier alpha value is -1.35. The summed E-state index contributed by atoms with van der Waals surface area (Å²) in [6.07, 6.45) is -0.674. The second-order valence-corrected chi connectivity index (χ2v) is 8.03. The van der Waals surface area contributed by atoms with E-state index < -0.39 is 23.7 Å². The van der Waals surface area contributed by atoms with Gasteiger partial charge >= 0.3 is 12.1 Å². The van der Waals surface area contributed by atoms with E-state index in [2.05, 4.69) is 22.6 Å². The quantitative estimate of drug-likeness (QED) is 0.718. The van der Waals surface area contributed by atoms with Gasteiger partial charge in [0.2, 0.25) is 0 Å². The second-order valence-electron chi connectivity index (χ2n) is 6.78. The number of carboxylic acid groups (broad SMARTS) is 1. The molecule has 2 rings (SSSR count). The molecule has 1 saturated heterocycles. The van der Waals surface area contributed by atoms with E-state index in [1.807, 2.05) is 24.3 Å². The Morgan fingerprint density at radius 3 is 2.46 bits per heavy atom. The number of halogens is 1. The summed E-state index contributed by atoms with van der Waals surface area (Å²) < 4.78 is 12.2. The van der Waals surface area contributed by atoms with Crippen molar-refractivity contribution in [3.05, 3.63) is 33.4 Å². The van der Waals surface area contributed by atoms with Crippen LogP contribution in [0.1, 0.15) is 32.8 Å². The number of nitrogens with zero attached hydrogens (tertiary/aromatic N) is 1. The average molecular weight is 447 g/mol. The largest absolute Gasteiger partial charge is 0.480 e. The van der Waals surface area contributed by atoms with Gasteiger partial charge in [-0.05, 0) is 61.1 Å². The van der Waals surface area contributed by atoms with Crippen LogP contribution >= 0.6 is 22.6 Å². The highest BCUT2D eigenvalue weighted by atomic mass is 127. The van der Waals surface area contributed by atoms with Gasteiger partial charge in [0.25, 0.3) is 0 Å². The Bertz CT molecular complexity index is 596. The zero-order chi connectivity index (χ0) is 17.9. The van der Waals surface area contributed by atoms with Crippen molar-refractivity contribution < 1.29 is 24.2 Å². The molecule has 2 atom stereocenters. The lowest BCUT2D eigenvalue weighted by atomic mass is 10.2. The van der Waals surface area contributed by atoms with Crippen molar-refractivity contribution in [3.63, 3.8) is 0 Å². The van der Waals surface area contributed by atoms with Gasteiger partial charge in [0.1, 0.15) is 11.6 Å². The van der Waals surface area contributed by atoms with Gasteiger partial charge in [-0.3, -0.25) is 4.90 Å². The zero-order valence-corrected chi connectivity index (χ0v) is 16.1. The molecule has 0 saturated carbocycles. The lowest BCUT2D eigenvalue weighted by Crippen LogP contribution is -2.43. The summed E-state index contributed by atoms with van der Waals surface area (Å²) in [5.74, 6) is -1.04. The lowest BCUT2D eigenvalue weighted by Gasteiger charge is -2.26. The van der Waals surface area contributed by atoms with Crippen molar-refractivity contribution in [3.8, 4) is 0 Å². The van der Waals surface area contributed by atoms with Crippen LogP contribution < -0.4 is 0 Å². The summed E-state index contributed by atoms with van der Waals surface area (Å²) in [4.78, 5) is 24.9. The normalized spacial score (nSPS) is 20.9. The van der Waals surface area contributed by atoms with Crippen molar-refractivity contribution in [2.45, 2.75) is 51.5 Å². The van der Waals surface area contributed by atoms with Crippen molar-refractivity contribution in [1.82, 2.24) is 4.90 Å². The minimum Gasteiger partial charge on any atom is -0.480 e. The van der Waals surface area contributed by atoms with Crippen molar-refractivity contribution in [1.29, 1.82) is 0 Å². The maximum absolute atomic E-state index is 12.2. The molecule has 0 aliphatic carbocycles. The maximum atomic E-state index is 12.2. The molecule has 6 nitrogen and oxygen atoms in total. The Morgan fingerprint density at radius 2 is 1.92 bits per heavy atom. The number of carbonyl (C=O) groups is 2. The first kappa shape index (κ1) is 19.0. The van der Waals surface area contributed by atoms with E-state index in [0.717, 1.165) is 9.13 Å². The number of amides is 1. The van der Waals surface area contributed by atoms with Gasteiger partial charge in [0.05, 0.1) is 19.3 Å². The Morgan fingerprint density at radius 1 is 1.29 bits per heavy atom. The van der Waals surface area contributed by atoms with Gasteiger partial charge in [-0.15, -0.1) is 0 Å². The van der Waals surface area contributed by atoms with E-state index in [4.69, 9.17) is 9.47 Å². The molecule has 1 aliphatic rings. The summed E-state index contributed by atoms with van der Waals surface area (Å²) in [6.45, 7) is 5.86. The van der Waals surface area contributed by atoms with E-state index in [0.29, 0.717) is 6.61 Å². The predicted octanol–water partition coefficient (Wildman–Crippen LogP) is 3.27. The van der Waals surface area contributed by atoms with Gasteiger partial charge in [-0.25, -0.2) is 9.59 Å². The molecule has 1 fully saturated rings.